The van der Waals surface area contributed by atoms with Gasteiger partial charge in [-0.25, -0.2) is 4.98 Å². The van der Waals surface area contributed by atoms with E-state index in [9.17, 15) is 0 Å². The molecule has 2 aromatic rings. The minimum atomic E-state index is 0.234. The van der Waals surface area contributed by atoms with Gasteiger partial charge in [-0.3, -0.25) is 0 Å². The molecule has 5 nitrogen and oxygen atoms in total. The minimum Gasteiger partial charge on any atom is -0.338 e. The van der Waals surface area contributed by atoms with Crippen LogP contribution < -0.4 is 5.32 Å². The average molecular weight is 264 g/mol. The lowest BCUT2D eigenvalue weighted by molar-refractivity contribution is 0.296. The van der Waals surface area contributed by atoms with Crippen LogP contribution in [0.1, 0.15) is 47.7 Å². The fourth-order valence-corrected chi connectivity index (χ4v) is 2.93. The van der Waals surface area contributed by atoms with E-state index in [0.717, 1.165) is 35.4 Å². The van der Waals surface area contributed by atoms with Crippen molar-refractivity contribution in [3.63, 3.8) is 0 Å². The van der Waals surface area contributed by atoms with Gasteiger partial charge in [-0.2, -0.15) is 4.98 Å². The van der Waals surface area contributed by atoms with Crippen LogP contribution in [0.15, 0.2) is 9.90 Å². The third kappa shape index (κ3) is 2.59. The molecule has 3 rings (SSSR count). The zero-order valence-corrected chi connectivity index (χ0v) is 11.2. The molecule has 0 radical (unpaired) electrons. The molecule has 0 aliphatic carbocycles. The second kappa shape index (κ2) is 5.16. The maximum atomic E-state index is 5.34. The van der Waals surface area contributed by atoms with Gasteiger partial charge in [0.25, 0.3) is 0 Å². The summed E-state index contributed by atoms with van der Waals surface area (Å²) in [7, 11) is 0. The third-order valence-electron chi connectivity index (χ3n) is 3.07. The lowest BCUT2D eigenvalue weighted by atomic mass is 10.1. The molecule has 1 aliphatic heterocycles. The Morgan fingerprint density at radius 1 is 1.44 bits per heavy atom. The molecule has 1 aliphatic rings. The maximum Gasteiger partial charge on any atom is 0.243 e. The topological polar surface area (TPSA) is 63.8 Å². The fraction of sp³-hybridized carbons (Fsp3) is 0.583. The number of hydrogen-bond acceptors (Lipinski definition) is 6. The predicted octanol–water partition coefficient (Wildman–Crippen LogP) is 2.24. The van der Waals surface area contributed by atoms with E-state index in [4.69, 9.17) is 4.52 Å². The molecule has 0 unspecified atom stereocenters. The van der Waals surface area contributed by atoms with Gasteiger partial charge in [0.2, 0.25) is 5.89 Å². The van der Waals surface area contributed by atoms with Crippen LogP contribution in [-0.4, -0.2) is 21.7 Å². The predicted molar refractivity (Wildman–Crippen MR) is 68.5 cm³/mol. The summed E-state index contributed by atoms with van der Waals surface area (Å²) in [6.07, 6.45) is 4.20. The van der Waals surface area contributed by atoms with Crippen LogP contribution in [0.25, 0.3) is 0 Å². The van der Waals surface area contributed by atoms with E-state index in [-0.39, 0.29) is 6.04 Å². The van der Waals surface area contributed by atoms with E-state index in [1.807, 2.05) is 12.3 Å². The number of thiazole rings is 1. The molecule has 1 saturated heterocycles. The maximum absolute atomic E-state index is 5.34. The number of aromatic nitrogens is 3. The van der Waals surface area contributed by atoms with Crippen molar-refractivity contribution in [2.24, 2.45) is 0 Å². The Balaban J connectivity index is 1.69. The first kappa shape index (κ1) is 11.8. The molecule has 0 amide bonds. The van der Waals surface area contributed by atoms with Gasteiger partial charge in [0, 0.05) is 11.1 Å². The quantitative estimate of drug-likeness (QED) is 0.921. The Morgan fingerprint density at radius 3 is 3.11 bits per heavy atom. The summed E-state index contributed by atoms with van der Waals surface area (Å²) < 4.78 is 5.34. The van der Waals surface area contributed by atoms with Crippen molar-refractivity contribution in [3.8, 4) is 0 Å². The minimum absolute atomic E-state index is 0.234. The summed E-state index contributed by atoms with van der Waals surface area (Å²) in [6, 6.07) is 0.234. The summed E-state index contributed by atoms with van der Waals surface area (Å²) >= 11 is 1.64. The normalized spacial score (nSPS) is 20.2. The zero-order chi connectivity index (χ0) is 12.4. The molecule has 0 bridgehead atoms. The van der Waals surface area contributed by atoms with Crippen LogP contribution in [0.4, 0.5) is 0 Å². The first-order valence-electron chi connectivity index (χ1n) is 6.28. The molecule has 0 spiro atoms. The van der Waals surface area contributed by atoms with Gasteiger partial charge < -0.3 is 9.84 Å². The molecule has 2 aromatic heterocycles. The van der Waals surface area contributed by atoms with Gasteiger partial charge >= 0.3 is 0 Å². The Hall–Kier alpha value is -1.27. The summed E-state index contributed by atoms with van der Waals surface area (Å²) in [4.78, 5) is 8.87. The van der Waals surface area contributed by atoms with Crippen LogP contribution in [-0.2, 0) is 6.42 Å². The van der Waals surface area contributed by atoms with Crippen molar-refractivity contribution in [3.05, 3.63) is 27.8 Å². The van der Waals surface area contributed by atoms with Gasteiger partial charge in [0.1, 0.15) is 5.01 Å². The van der Waals surface area contributed by atoms with E-state index in [1.165, 1.54) is 12.8 Å². The number of hydrogen-bond donors (Lipinski definition) is 1. The SMILES string of the molecule is Cc1csc(Cc2noc([C@H]3CCCCN3)n2)n1. The smallest absolute Gasteiger partial charge is 0.243 e. The highest BCUT2D eigenvalue weighted by atomic mass is 32.1. The van der Waals surface area contributed by atoms with Crippen molar-refractivity contribution < 1.29 is 4.52 Å². The van der Waals surface area contributed by atoms with Crippen LogP contribution >= 0.6 is 11.3 Å². The van der Waals surface area contributed by atoms with Crippen molar-refractivity contribution in [2.75, 3.05) is 6.54 Å². The lowest BCUT2D eigenvalue weighted by Crippen LogP contribution is -2.27. The van der Waals surface area contributed by atoms with Crippen LogP contribution in [0, 0.1) is 6.92 Å². The highest BCUT2D eigenvalue weighted by molar-refractivity contribution is 7.09. The highest BCUT2D eigenvalue weighted by Gasteiger charge is 2.21. The Morgan fingerprint density at radius 2 is 2.39 bits per heavy atom. The summed E-state index contributed by atoms with van der Waals surface area (Å²) in [5, 5.41) is 10.5. The second-order valence-corrected chi connectivity index (χ2v) is 5.55. The monoisotopic (exact) mass is 264 g/mol. The second-order valence-electron chi connectivity index (χ2n) is 4.61. The van der Waals surface area contributed by atoms with Crippen molar-refractivity contribution in [1.29, 1.82) is 0 Å². The van der Waals surface area contributed by atoms with Crippen molar-refractivity contribution in [1.82, 2.24) is 20.4 Å². The van der Waals surface area contributed by atoms with Crippen LogP contribution in [0.5, 0.6) is 0 Å². The van der Waals surface area contributed by atoms with E-state index in [0.29, 0.717) is 6.42 Å². The molecule has 3 heterocycles. The molecule has 6 heteroatoms. The number of nitrogens with one attached hydrogen (secondary N) is 1. The molecule has 1 fully saturated rings. The van der Waals surface area contributed by atoms with Gasteiger partial charge in [0.15, 0.2) is 5.82 Å². The average Bonchev–Trinajstić information content (AvgIpc) is 3.01. The molecule has 1 N–H and O–H groups in total. The van der Waals surface area contributed by atoms with Gasteiger partial charge in [-0.15, -0.1) is 11.3 Å². The summed E-state index contributed by atoms with van der Waals surface area (Å²) in [6.45, 7) is 3.03. The molecule has 18 heavy (non-hydrogen) atoms. The van der Waals surface area contributed by atoms with E-state index in [1.54, 1.807) is 11.3 Å². The van der Waals surface area contributed by atoms with E-state index < -0.39 is 0 Å². The van der Waals surface area contributed by atoms with Crippen LogP contribution in [0.3, 0.4) is 0 Å². The molecular formula is C12H16N4OS. The van der Waals surface area contributed by atoms with Crippen molar-refractivity contribution >= 4 is 11.3 Å². The molecule has 0 saturated carbocycles. The van der Waals surface area contributed by atoms with E-state index >= 15 is 0 Å². The first-order chi connectivity index (χ1) is 8.81. The molecule has 96 valence electrons. The van der Waals surface area contributed by atoms with Gasteiger partial charge in [-0.1, -0.05) is 11.6 Å². The molecular weight excluding hydrogens is 248 g/mol. The first-order valence-corrected chi connectivity index (χ1v) is 7.16. The molecule has 0 aromatic carbocycles. The summed E-state index contributed by atoms with van der Waals surface area (Å²) in [5.41, 5.74) is 1.05. The zero-order valence-electron chi connectivity index (χ0n) is 10.3. The Bertz CT molecular complexity index is 516. The largest absolute Gasteiger partial charge is 0.338 e. The standard InChI is InChI=1S/C12H16N4OS/c1-8-7-18-11(14-8)6-10-15-12(17-16-10)9-4-2-3-5-13-9/h7,9,13H,2-6H2,1H3/t9-/m1/s1. The lowest BCUT2D eigenvalue weighted by Gasteiger charge is -2.19. The Kier molecular flexibility index (Phi) is 3.38. The fourth-order valence-electron chi connectivity index (χ4n) is 2.16. The highest BCUT2D eigenvalue weighted by Crippen LogP contribution is 2.22. The summed E-state index contributed by atoms with van der Waals surface area (Å²) in [5.74, 6) is 1.45. The van der Waals surface area contributed by atoms with Crippen molar-refractivity contribution in [2.45, 2.75) is 38.6 Å². The third-order valence-corrected chi connectivity index (χ3v) is 4.03. The number of aryl methyl sites for hydroxylation is 1. The number of nitrogens with zero attached hydrogens (tertiary/aromatic N) is 3. The Labute approximate surface area is 110 Å². The number of rotatable bonds is 3. The van der Waals surface area contributed by atoms with Crippen LogP contribution in [0.2, 0.25) is 0 Å². The van der Waals surface area contributed by atoms with Gasteiger partial charge in [0.05, 0.1) is 12.5 Å². The molecule has 1 atom stereocenters. The number of piperidine rings is 1. The van der Waals surface area contributed by atoms with E-state index in [2.05, 4.69) is 20.4 Å². The van der Waals surface area contributed by atoms with Gasteiger partial charge in [-0.05, 0) is 26.3 Å².